The van der Waals surface area contributed by atoms with E-state index in [9.17, 15) is 5.11 Å². The maximum absolute atomic E-state index is 10.1. The van der Waals surface area contributed by atoms with E-state index < -0.39 is 0 Å². The third kappa shape index (κ3) is 2.94. The van der Waals surface area contributed by atoms with E-state index in [0.717, 1.165) is 49.8 Å². The Morgan fingerprint density at radius 2 is 2.13 bits per heavy atom. The number of hydrogen-bond donors (Lipinski definition) is 1. The molecule has 4 heterocycles. The lowest BCUT2D eigenvalue weighted by Crippen LogP contribution is -2.44. The van der Waals surface area contributed by atoms with Crippen molar-refractivity contribution in [1.29, 1.82) is 0 Å². The van der Waals surface area contributed by atoms with Crippen LogP contribution in [0.4, 0.5) is 5.82 Å². The van der Waals surface area contributed by atoms with Gasteiger partial charge in [-0.05, 0) is 24.8 Å². The van der Waals surface area contributed by atoms with E-state index in [1.807, 2.05) is 6.92 Å². The van der Waals surface area contributed by atoms with E-state index >= 15 is 0 Å². The number of hydrogen-bond acceptors (Lipinski definition) is 7. The zero-order valence-corrected chi connectivity index (χ0v) is 14.1. The molecule has 0 aromatic carbocycles. The van der Waals surface area contributed by atoms with Crippen LogP contribution in [0.1, 0.15) is 12.2 Å². The molecule has 0 unspecified atom stereocenters. The van der Waals surface area contributed by atoms with Crippen LogP contribution in [0.5, 0.6) is 0 Å². The van der Waals surface area contributed by atoms with Crippen LogP contribution in [-0.4, -0.2) is 71.5 Å². The molecule has 2 fully saturated rings. The lowest BCUT2D eigenvalue weighted by molar-refractivity contribution is 0.0859. The molecule has 124 valence electrons. The molecule has 2 aliphatic heterocycles. The maximum Gasteiger partial charge on any atom is 0.150 e. The zero-order chi connectivity index (χ0) is 15.8. The molecule has 4 rings (SSSR count). The van der Waals surface area contributed by atoms with E-state index in [0.29, 0.717) is 13.2 Å². The van der Waals surface area contributed by atoms with Crippen molar-refractivity contribution in [3.63, 3.8) is 0 Å². The summed E-state index contributed by atoms with van der Waals surface area (Å²) < 4.78 is 6.59. The minimum absolute atomic E-state index is 0.142. The standard InChI is InChI=1S/C16H22N4O2S/c1-11-17-12-3-8-23-15(12)16(18-11)20-5-2-4-19(6-7-20)13-9-22-10-14(13)21/h3,8,13-14,21H,2,4-7,9-10H2,1H3/t13-,14-/m1/s1. The van der Waals surface area contributed by atoms with Crippen LogP contribution >= 0.6 is 11.3 Å². The van der Waals surface area contributed by atoms with Crippen molar-refractivity contribution in [2.75, 3.05) is 44.3 Å². The quantitative estimate of drug-likeness (QED) is 0.892. The highest BCUT2D eigenvalue weighted by Crippen LogP contribution is 2.29. The fraction of sp³-hybridized carbons (Fsp3) is 0.625. The molecule has 0 radical (unpaired) electrons. The zero-order valence-electron chi connectivity index (χ0n) is 13.3. The highest BCUT2D eigenvalue weighted by molar-refractivity contribution is 7.17. The Morgan fingerprint density at radius 3 is 2.96 bits per heavy atom. The highest BCUT2D eigenvalue weighted by Gasteiger charge is 2.32. The molecule has 0 saturated carbocycles. The lowest BCUT2D eigenvalue weighted by atomic mass is 10.2. The Labute approximate surface area is 139 Å². The molecule has 0 aliphatic carbocycles. The first-order valence-corrected chi connectivity index (χ1v) is 9.07. The van der Waals surface area contributed by atoms with E-state index in [-0.39, 0.29) is 12.1 Å². The summed E-state index contributed by atoms with van der Waals surface area (Å²) in [5.41, 5.74) is 1.04. The van der Waals surface area contributed by atoms with Gasteiger partial charge < -0.3 is 14.7 Å². The minimum Gasteiger partial charge on any atom is -0.389 e. The number of nitrogens with zero attached hydrogens (tertiary/aromatic N) is 4. The Balaban J connectivity index is 1.55. The number of thiophene rings is 1. The summed E-state index contributed by atoms with van der Waals surface area (Å²) in [6, 6.07) is 2.21. The van der Waals surface area contributed by atoms with E-state index in [4.69, 9.17) is 9.72 Å². The average Bonchev–Trinajstić information content (AvgIpc) is 3.09. The van der Waals surface area contributed by atoms with Crippen molar-refractivity contribution in [1.82, 2.24) is 14.9 Å². The van der Waals surface area contributed by atoms with Gasteiger partial charge in [-0.2, -0.15) is 0 Å². The van der Waals surface area contributed by atoms with E-state index in [2.05, 4.69) is 26.2 Å². The second-order valence-corrected chi connectivity index (χ2v) is 7.19. The fourth-order valence-electron chi connectivity index (χ4n) is 3.54. The number of aryl methyl sites for hydroxylation is 1. The van der Waals surface area contributed by atoms with Crippen LogP contribution < -0.4 is 4.90 Å². The molecule has 23 heavy (non-hydrogen) atoms. The Kier molecular flexibility index (Phi) is 4.19. The molecule has 1 N–H and O–H groups in total. The number of anilines is 1. The molecular formula is C16H22N4O2S. The smallest absolute Gasteiger partial charge is 0.150 e. The first-order valence-electron chi connectivity index (χ1n) is 8.19. The van der Waals surface area contributed by atoms with Crippen LogP contribution in [0.25, 0.3) is 10.2 Å². The van der Waals surface area contributed by atoms with Gasteiger partial charge in [-0.3, -0.25) is 4.90 Å². The Hall–Kier alpha value is -1.28. The molecule has 2 saturated heterocycles. The van der Waals surface area contributed by atoms with Gasteiger partial charge >= 0.3 is 0 Å². The molecule has 7 heteroatoms. The van der Waals surface area contributed by atoms with Gasteiger partial charge in [0.25, 0.3) is 0 Å². The largest absolute Gasteiger partial charge is 0.389 e. The predicted molar refractivity (Wildman–Crippen MR) is 91.2 cm³/mol. The number of aromatic nitrogens is 2. The molecule has 0 spiro atoms. The van der Waals surface area contributed by atoms with Crippen molar-refractivity contribution >= 4 is 27.4 Å². The molecule has 2 aromatic rings. The van der Waals surface area contributed by atoms with Gasteiger partial charge in [-0.25, -0.2) is 9.97 Å². The summed E-state index contributed by atoms with van der Waals surface area (Å²) in [6.07, 6.45) is 0.714. The van der Waals surface area contributed by atoms with Crippen LogP contribution in [0.3, 0.4) is 0 Å². The molecule has 2 atom stereocenters. The predicted octanol–water partition coefficient (Wildman–Crippen LogP) is 1.27. The van der Waals surface area contributed by atoms with Gasteiger partial charge in [0, 0.05) is 26.2 Å². The summed E-state index contributed by atoms with van der Waals surface area (Å²) in [4.78, 5) is 14.0. The number of rotatable bonds is 2. The Bertz CT molecular complexity index is 692. The van der Waals surface area contributed by atoms with E-state index in [1.54, 1.807) is 11.3 Å². The van der Waals surface area contributed by atoms with Crippen molar-refractivity contribution in [2.45, 2.75) is 25.5 Å². The average molecular weight is 334 g/mol. The van der Waals surface area contributed by atoms with Gasteiger partial charge in [0.15, 0.2) is 0 Å². The van der Waals surface area contributed by atoms with Crippen LogP contribution in [-0.2, 0) is 4.74 Å². The maximum atomic E-state index is 10.1. The third-order valence-corrected chi connectivity index (χ3v) is 5.62. The number of aliphatic hydroxyl groups excluding tert-OH is 1. The minimum atomic E-state index is -0.355. The van der Waals surface area contributed by atoms with Crippen LogP contribution in [0.15, 0.2) is 11.4 Å². The third-order valence-electron chi connectivity index (χ3n) is 4.72. The molecule has 0 bridgehead atoms. The summed E-state index contributed by atoms with van der Waals surface area (Å²) in [5, 5.41) is 12.1. The lowest BCUT2D eigenvalue weighted by Gasteiger charge is -2.28. The monoisotopic (exact) mass is 334 g/mol. The molecule has 6 nitrogen and oxygen atoms in total. The summed E-state index contributed by atoms with van der Waals surface area (Å²) in [5.74, 6) is 1.89. The van der Waals surface area contributed by atoms with Gasteiger partial charge in [-0.15, -0.1) is 11.3 Å². The van der Waals surface area contributed by atoms with Crippen molar-refractivity contribution < 1.29 is 9.84 Å². The number of ether oxygens (including phenoxy) is 1. The van der Waals surface area contributed by atoms with Crippen molar-refractivity contribution in [2.24, 2.45) is 0 Å². The summed E-state index contributed by atoms with van der Waals surface area (Å²) >= 11 is 1.71. The fourth-order valence-corrected chi connectivity index (χ4v) is 4.38. The molecule has 2 aromatic heterocycles. The SMILES string of the molecule is Cc1nc(N2CCCN([C@@H]3COC[C@H]3O)CC2)c2sccc2n1. The second kappa shape index (κ2) is 6.32. The first-order chi connectivity index (χ1) is 11.2. The Morgan fingerprint density at radius 1 is 1.22 bits per heavy atom. The second-order valence-electron chi connectivity index (χ2n) is 6.28. The highest BCUT2D eigenvalue weighted by atomic mass is 32.1. The van der Waals surface area contributed by atoms with E-state index in [1.165, 1.54) is 4.70 Å². The van der Waals surface area contributed by atoms with Gasteiger partial charge in [0.05, 0.1) is 35.6 Å². The summed E-state index contributed by atoms with van der Waals surface area (Å²) in [6.45, 7) is 6.91. The van der Waals surface area contributed by atoms with Gasteiger partial charge in [0.2, 0.25) is 0 Å². The van der Waals surface area contributed by atoms with Gasteiger partial charge in [-0.1, -0.05) is 0 Å². The van der Waals surface area contributed by atoms with Crippen LogP contribution in [0, 0.1) is 6.92 Å². The number of fused-ring (bicyclic) bond motifs is 1. The molecule has 0 amide bonds. The van der Waals surface area contributed by atoms with Crippen LogP contribution in [0.2, 0.25) is 0 Å². The molecular weight excluding hydrogens is 312 g/mol. The van der Waals surface area contributed by atoms with Crippen molar-refractivity contribution in [3.05, 3.63) is 17.3 Å². The number of aliphatic hydroxyl groups is 1. The topological polar surface area (TPSA) is 61.7 Å². The molecule has 2 aliphatic rings. The van der Waals surface area contributed by atoms with Gasteiger partial charge in [0.1, 0.15) is 11.6 Å². The normalized spacial score (nSPS) is 26.8. The summed E-state index contributed by atoms with van der Waals surface area (Å²) in [7, 11) is 0. The van der Waals surface area contributed by atoms with Crippen molar-refractivity contribution in [3.8, 4) is 0 Å². The first kappa shape index (κ1) is 15.3.